The van der Waals surface area contributed by atoms with E-state index in [1.807, 2.05) is 49.4 Å². The summed E-state index contributed by atoms with van der Waals surface area (Å²) in [6.45, 7) is 2.19. The Balaban J connectivity index is 1.68. The van der Waals surface area contributed by atoms with Gasteiger partial charge in [-0.15, -0.1) is 0 Å². The van der Waals surface area contributed by atoms with Crippen molar-refractivity contribution >= 4 is 5.91 Å². The van der Waals surface area contributed by atoms with Crippen LogP contribution in [0.25, 0.3) is 11.4 Å². The quantitative estimate of drug-likeness (QED) is 0.803. The molecule has 0 bridgehead atoms. The molecule has 3 rings (SSSR count). The maximum Gasteiger partial charge on any atom is 0.251 e. The molecule has 0 radical (unpaired) electrons. The second kappa shape index (κ2) is 6.22. The standard InChI is InChI=1S/C17H15N3O2/c1-12-7-5-6-10-14(12)16-19-15(22-20-16)11-18-17(21)13-8-3-2-4-9-13/h2-10H,11H2,1H3,(H,18,21). The van der Waals surface area contributed by atoms with Crippen molar-refractivity contribution in [3.05, 3.63) is 71.6 Å². The van der Waals surface area contributed by atoms with E-state index in [0.29, 0.717) is 17.3 Å². The zero-order valence-corrected chi connectivity index (χ0v) is 12.1. The Hall–Kier alpha value is -2.95. The number of amides is 1. The van der Waals surface area contributed by atoms with Gasteiger partial charge in [0.2, 0.25) is 11.7 Å². The second-order valence-corrected chi connectivity index (χ2v) is 4.88. The molecule has 2 aromatic carbocycles. The summed E-state index contributed by atoms with van der Waals surface area (Å²) in [4.78, 5) is 16.3. The summed E-state index contributed by atoms with van der Waals surface area (Å²) in [6.07, 6.45) is 0. The topological polar surface area (TPSA) is 68.0 Å². The van der Waals surface area contributed by atoms with E-state index in [9.17, 15) is 4.79 Å². The molecule has 5 nitrogen and oxygen atoms in total. The van der Waals surface area contributed by atoms with E-state index in [0.717, 1.165) is 11.1 Å². The zero-order valence-electron chi connectivity index (χ0n) is 12.1. The number of carbonyl (C=O) groups excluding carboxylic acids is 1. The number of rotatable bonds is 4. The van der Waals surface area contributed by atoms with Gasteiger partial charge in [-0.3, -0.25) is 4.79 Å². The molecule has 1 heterocycles. The number of aryl methyl sites for hydroxylation is 1. The largest absolute Gasteiger partial charge is 0.343 e. The van der Waals surface area contributed by atoms with E-state index >= 15 is 0 Å². The van der Waals surface area contributed by atoms with Gasteiger partial charge in [0.15, 0.2) is 0 Å². The van der Waals surface area contributed by atoms with Crippen molar-refractivity contribution in [1.82, 2.24) is 15.5 Å². The number of hydrogen-bond acceptors (Lipinski definition) is 4. The van der Waals surface area contributed by atoms with Crippen molar-refractivity contribution in [3.8, 4) is 11.4 Å². The average molecular weight is 293 g/mol. The van der Waals surface area contributed by atoms with Crippen molar-refractivity contribution in [3.63, 3.8) is 0 Å². The van der Waals surface area contributed by atoms with E-state index < -0.39 is 0 Å². The molecule has 1 amide bonds. The Labute approximate surface area is 128 Å². The van der Waals surface area contributed by atoms with Crippen molar-refractivity contribution in [1.29, 1.82) is 0 Å². The summed E-state index contributed by atoms with van der Waals surface area (Å²) >= 11 is 0. The van der Waals surface area contributed by atoms with E-state index in [1.165, 1.54) is 0 Å². The van der Waals surface area contributed by atoms with Crippen LogP contribution in [0.15, 0.2) is 59.1 Å². The Morgan fingerprint density at radius 1 is 1.09 bits per heavy atom. The predicted octanol–water partition coefficient (Wildman–Crippen LogP) is 2.98. The van der Waals surface area contributed by atoms with Crippen LogP contribution < -0.4 is 5.32 Å². The number of hydrogen-bond donors (Lipinski definition) is 1. The van der Waals surface area contributed by atoms with E-state index in [1.54, 1.807) is 12.1 Å². The normalized spacial score (nSPS) is 10.4. The molecular weight excluding hydrogens is 278 g/mol. The van der Waals surface area contributed by atoms with Crippen LogP contribution in [0.4, 0.5) is 0 Å². The van der Waals surface area contributed by atoms with Crippen molar-refractivity contribution in [2.24, 2.45) is 0 Å². The third-order valence-corrected chi connectivity index (χ3v) is 3.29. The minimum absolute atomic E-state index is 0.170. The first-order chi connectivity index (χ1) is 10.7. The summed E-state index contributed by atoms with van der Waals surface area (Å²) in [6, 6.07) is 16.8. The minimum Gasteiger partial charge on any atom is -0.343 e. The number of nitrogens with one attached hydrogen (secondary N) is 1. The summed E-state index contributed by atoms with van der Waals surface area (Å²) in [5.74, 6) is 0.737. The van der Waals surface area contributed by atoms with Gasteiger partial charge < -0.3 is 9.84 Å². The molecule has 3 aromatic rings. The predicted molar refractivity (Wildman–Crippen MR) is 82.1 cm³/mol. The Kier molecular flexibility index (Phi) is 3.96. The van der Waals surface area contributed by atoms with Crippen LogP contribution in [0.1, 0.15) is 21.8 Å². The van der Waals surface area contributed by atoms with Gasteiger partial charge in [-0.05, 0) is 24.6 Å². The molecule has 0 atom stereocenters. The zero-order chi connectivity index (χ0) is 15.4. The van der Waals surface area contributed by atoms with Gasteiger partial charge in [0.1, 0.15) is 0 Å². The molecule has 0 spiro atoms. The van der Waals surface area contributed by atoms with E-state index in [2.05, 4.69) is 15.5 Å². The van der Waals surface area contributed by atoms with Gasteiger partial charge in [-0.25, -0.2) is 0 Å². The molecular formula is C17H15N3O2. The highest BCUT2D eigenvalue weighted by Gasteiger charge is 2.11. The van der Waals surface area contributed by atoms with Crippen LogP contribution in [0.3, 0.4) is 0 Å². The van der Waals surface area contributed by atoms with Gasteiger partial charge in [0.25, 0.3) is 5.91 Å². The van der Waals surface area contributed by atoms with Crippen LogP contribution in [-0.4, -0.2) is 16.0 Å². The molecule has 0 fully saturated rings. The molecule has 0 unspecified atom stereocenters. The van der Waals surface area contributed by atoms with Crippen molar-refractivity contribution in [2.45, 2.75) is 13.5 Å². The molecule has 1 N–H and O–H groups in total. The molecule has 0 saturated carbocycles. The smallest absolute Gasteiger partial charge is 0.251 e. The average Bonchev–Trinajstić information content (AvgIpc) is 3.02. The maximum absolute atomic E-state index is 11.9. The summed E-state index contributed by atoms with van der Waals surface area (Å²) < 4.78 is 5.18. The second-order valence-electron chi connectivity index (χ2n) is 4.88. The molecule has 110 valence electrons. The molecule has 0 aliphatic rings. The van der Waals surface area contributed by atoms with E-state index in [-0.39, 0.29) is 12.5 Å². The number of aromatic nitrogens is 2. The Bertz CT molecular complexity index is 781. The van der Waals surface area contributed by atoms with Crippen molar-refractivity contribution < 1.29 is 9.32 Å². The number of carbonyl (C=O) groups is 1. The highest BCUT2D eigenvalue weighted by molar-refractivity contribution is 5.93. The summed E-state index contributed by atoms with van der Waals surface area (Å²) in [5, 5.41) is 6.72. The SMILES string of the molecule is Cc1ccccc1-c1noc(CNC(=O)c2ccccc2)n1. The highest BCUT2D eigenvalue weighted by atomic mass is 16.5. The fourth-order valence-corrected chi connectivity index (χ4v) is 2.11. The maximum atomic E-state index is 11.9. The molecule has 22 heavy (non-hydrogen) atoms. The molecule has 0 saturated heterocycles. The highest BCUT2D eigenvalue weighted by Crippen LogP contribution is 2.19. The first kappa shape index (κ1) is 14.0. The van der Waals surface area contributed by atoms with Crippen LogP contribution in [0.2, 0.25) is 0 Å². The van der Waals surface area contributed by atoms with Crippen LogP contribution in [-0.2, 0) is 6.54 Å². The molecule has 0 aliphatic heterocycles. The van der Waals surface area contributed by atoms with E-state index in [4.69, 9.17) is 4.52 Å². The van der Waals surface area contributed by atoms with Crippen LogP contribution in [0.5, 0.6) is 0 Å². The van der Waals surface area contributed by atoms with Crippen LogP contribution >= 0.6 is 0 Å². The lowest BCUT2D eigenvalue weighted by Gasteiger charge is -2.01. The van der Waals surface area contributed by atoms with Crippen LogP contribution in [0, 0.1) is 6.92 Å². The minimum atomic E-state index is -0.170. The lowest BCUT2D eigenvalue weighted by molar-refractivity contribution is 0.0946. The van der Waals surface area contributed by atoms with Gasteiger partial charge in [0, 0.05) is 11.1 Å². The summed E-state index contributed by atoms with van der Waals surface area (Å²) in [5.41, 5.74) is 2.59. The molecule has 1 aromatic heterocycles. The van der Waals surface area contributed by atoms with Gasteiger partial charge in [0.05, 0.1) is 6.54 Å². The Morgan fingerprint density at radius 3 is 2.59 bits per heavy atom. The number of benzene rings is 2. The molecule has 0 aliphatic carbocycles. The third-order valence-electron chi connectivity index (χ3n) is 3.29. The fraction of sp³-hybridized carbons (Fsp3) is 0.118. The fourth-order valence-electron chi connectivity index (χ4n) is 2.11. The van der Waals surface area contributed by atoms with Gasteiger partial charge in [-0.1, -0.05) is 47.6 Å². The van der Waals surface area contributed by atoms with Crippen molar-refractivity contribution in [2.75, 3.05) is 0 Å². The first-order valence-electron chi connectivity index (χ1n) is 6.96. The third kappa shape index (κ3) is 3.03. The summed E-state index contributed by atoms with van der Waals surface area (Å²) in [7, 11) is 0. The first-order valence-corrected chi connectivity index (χ1v) is 6.96. The van der Waals surface area contributed by atoms with Gasteiger partial charge >= 0.3 is 0 Å². The monoisotopic (exact) mass is 293 g/mol. The van der Waals surface area contributed by atoms with Gasteiger partial charge in [-0.2, -0.15) is 4.98 Å². The number of nitrogens with zero attached hydrogens (tertiary/aromatic N) is 2. The lowest BCUT2D eigenvalue weighted by atomic mass is 10.1. The molecule has 5 heteroatoms. The Morgan fingerprint density at radius 2 is 1.82 bits per heavy atom. The lowest BCUT2D eigenvalue weighted by Crippen LogP contribution is -2.22.